The summed E-state index contributed by atoms with van der Waals surface area (Å²) in [6, 6.07) is 6.62. The predicted molar refractivity (Wildman–Crippen MR) is 123 cm³/mol. The Labute approximate surface area is 198 Å². The molecular formula is C23H29N3O7S. The molecule has 1 aromatic carbocycles. The molecule has 1 amide bonds. The van der Waals surface area contributed by atoms with E-state index in [0.717, 1.165) is 5.56 Å². The van der Waals surface area contributed by atoms with Crippen LogP contribution in [-0.4, -0.2) is 79.8 Å². The summed E-state index contributed by atoms with van der Waals surface area (Å²) >= 11 is 0. The Morgan fingerprint density at radius 3 is 2.15 bits per heavy atom. The van der Waals surface area contributed by atoms with Gasteiger partial charge in [-0.05, 0) is 45.4 Å². The van der Waals surface area contributed by atoms with Gasteiger partial charge in [0.1, 0.15) is 5.69 Å². The van der Waals surface area contributed by atoms with Gasteiger partial charge in [0.2, 0.25) is 10.0 Å². The number of carbonyl (C=O) groups excluding carboxylic acids is 3. The van der Waals surface area contributed by atoms with Gasteiger partial charge in [0.25, 0.3) is 5.91 Å². The van der Waals surface area contributed by atoms with Gasteiger partial charge >= 0.3 is 11.9 Å². The molecule has 0 unspecified atom stereocenters. The molecular weight excluding hydrogens is 462 g/mol. The number of esters is 2. The smallest absolute Gasteiger partial charge is 0.355 e. The monoisotopic (exact) mass is 491 g/mol. The van der Waals surface area contributed by atoms with Gasteiger partial charge in [0, 0.05) is 31.9 Å². The number of piperazine rings is 1. The van der Waals surface area contributed by atoms with E-state index >= 15 is 0 Å². The average Bonchev–Trinajstić information content (AvgIpc) is 3.11. The van der Waals surface area contributed by atoms with Crippen molar-refractivity contribution in [1.82, 2.24) is 14.2 Å². The Bertz CT molecular complexity index is 1180. The second-order valence-corrected chi connectivity index (χ2v) is 9.96. The third-order valence-electron chi connectivity index (χ3n) is 5.70. The first-order valence-corrected chi connectivity index (χ1v) is 12.4. The largest absolute Gasteiger partial charge is 0.461 e. The molecule has 0 spiro atoms. The number of nitrogens with zero attached hydrogens (tertiary/aromatic N) is 2. The molecule has 34 heavy (non-hydrogen) atoms. The standard InChI is InChI=1S/C23H29N3O7S/c1-5-32-23(29)21-16(3)20(17(4)24-21)22(28)33-14-19(27)25-10-12-26(13-11-25)34(30,31)18-8-6-15(2)7-9-18/h6-9,24H,5,10-14H2,1-4H3. The molecule has 0 aliphatic carbocycles. The molecule has 1 saturated heterocycles. The van der Waals surface area contributed by atoms with Crippen molar-refractivity contribution in [3.8, 4) is 0 Å². The van der Waals surface area contributed by atoms with Crippen molar-refractivity contribution in [1.29, 1.82) is 0 Å². The summed E-state index contributed by atoms with van der Waals surface area (Å²) in [6.07, 6.45) is 0. The van der Waals surface area contributed by atoms with Crippen molar-refractivity contribution < 1.29 is 32.3 Å². The van der Waals surface area contributed by atoms with Gasteiger partial charge in [-0.2, -0.15) is 4.31 Å². The predicted octanol–water partition coefficient (Wildman–Crippen LogP) is 1.81. The van der Waals surface area contributed by atoms with Crippen molar-refractivity contribution >= 4 is 27.9 Å². The number of hydrogen-bond donors (Lipinski definition) is 1. The first-order valence-electron chi connectivity index (χ1n) is 10.9. The highest BCUT2D eigenvalue weighted by molar-refractivity contribution is 7.89. The van der Waals surface area contributed by atoms with Gasteiger partial charge in [0.15, 0.2) is 6.61 Å². The van der Waals surface area contributed by atoms with Crippen molar-refractivity contribution in [2.24, 2.45) is 0 Å². The van der Waals surface area contributed by atoms with Gasteiger partial charge in [0.05, 0.1) is 17.1 Å². The van der Waals surface area contributed by atoms with Gasteiger partial charge in [-0.15, -0.1) is 0 Å². The second kappa shape index (κ2) is 10.4. The summed E-state index contributed by atoms with van der Waals surface area (Å²) in [4.78, 5) is 41.7. The number of ether oxygens (including phenoxy) is 2. The molecule has 11 heteroatoms. The molecule has 1 aliphatic rings. The van der Waals surface area contributed by atoms with Crippen molar-refractivity contribution in [2.75, 3.05) is 39.4 Å². The number of aromatic amines is 1. The van der Waals surface area contributed by atoms with Crippen LogP contribution in [0.15, 0.2) is 29.2 Å². The van der Waals surface area contributed by atoms with Crippen LogP contribution in [0, 0.1) is 20.8 Å². The van der Waals surface area contributed by atoms with Gasteiger partial charge in [-0.25, -0.2) is 18.0 Å². The maximum Gasteiger partial charge on any atom is 0.355 e. The number of amides is 1. The number of hydrogen-bond acceptors (Lipinski definition) is 7. The van der Waals surface area contributed by atoms with Crippen LogP contribution < -0.4 is 0 Å². The SMILES string of the molecule is CCOC(=O)c1[nH]c(C)c(C(=O)OCC(=O)N2CCN(S(=O)(=O)c3ccc(C)cc3)CC2)c1C. The maximum absolute atomic E-state index is 12.8. The minimum Gasteiger partial charge on any atom is -0.461 e. The zero-order valence-corrected chi connectivity index (χ0v) is 20.5. The van der Waals surface area contributed by atoms with E-state index in [9.17, 15) is 22.8 Å². The highest BCUT2D eigenvalue weighted by atomic mass is 32.2. The van der Waals surface area contributed by atoms with Crippen molar-refractivity contribution in [2.45, 2.75) is 32.6 Å². The zero-order valence-electron chi connectivity index (χ0n) is 19.7. The fourth-order valence-electron chi connectivity index (χ4n) is 3.79. The lowest BCUT2D eigenvalue weighted by Crippen LogP contribution is -2.51. The Morgan fingerprint density at radius 1 is 0.941 bits per heavy atom. The molecule has 0 saturated carbocycles. The molecule has 3 rings (SSSR count). The summed E-state index contributed by atoms with van der Waals surface area (Å²) in [5, 5.41) is 0. The van der Waals surface area contributed by atoms with Crippen LogP contribution in [0.3, 0.4) is 0 Å². The van der Waals surface area contributed by atoms with E-state index in [1.807, 2.05) is 6.92 Å². The number of H-pyrrole nitrogens is 1. The summed E-state index contributed by atoms with van der Waals surface area (Å²) in [6.45, 7) is 7.18. The van der Waals surface area contributed by atoms with E-state index in [-0.39, 0.29) is 48.9 Å². The first kappa shape index (κ1) is 25.4. The third kappa shape index (κ3) is 5.31. The second-order valence-electron chi connectivity index (χ2n) is 8.02. The molecule has 2 aromatic rings. The van der Waals surface area contributed by atoms with Gasteiger partial charge in [-0.3, -0.25) is 4.79 Å². The van der Waals surface area contributed by atoms with Crippen LogP contribution in [0.5, 0.6) is 0 Å². The molecule has 0 atom stereocenters. The van der Waals surface area contributed by atoms with E-state index in [1.165, 1.54) is 9.21 Å². The molecule has 10 nitrogen and oxygen atoms in total. The minimum atomic E-state index is -3.64. The lowest BCUT2D eigenvalue weighted by molar-refractivity contribution is -0.135. The van der Waals surface area contributed by atoms with Crippen LogP contribution in [0.25, 0.3) is 0 Å². The molecule has 1 aliphatic heterocycles. The van der Waals surface area contributed by atoms with Crippen molar-refractivity contribution in [3.05, 3.63) is 52.3 Å². The molecule has 0 bridgehead atoms. The van der Waals surface area contributed by atoms with Crippen LogP contribution in [-0.2, 0) is 24.3 Å². The Morgan fingerprint density at radius 2 is 1.56 bits per heavy atom. The number of aryl methyl sites for hydroxylation is 2. The highest BCUT2D eigenvalue weighted by Crippen LogP contribution is 2.21. The number of benzene rings is 1. The number of aromatic nitrogens is 1. The lowest BCUT2D eigenvalue weighted by atomic mass is 10.1. The van der Waals surface area contributed by atoms with E-state index < -0.39 is 34.5 Å². The van der Waals surface area contributed by atoms with E-state index in [1.54, 1.807) is 45.0 Å². The lowest BCUT2D eigenvalue weighted by Gasteiger charge is -2.33. The van der Waals surface area contributed by atoms with Gasteiger partial charge in [-0.1, -0.05) is 17.7 Å². The number of rotatable bonds is 7. The number of carbonyl (C=O) groups is 3. The molecule has 1 N–H and O–H groups in total. The van der Waals surface area contributed by atoms with Crippen molar-refractivity contribution in [3.63, 3.8) is 0 Å². The fraction of sp³-hybridized carbons (Fsp3) is 0.435. The summed E-state index contributed by atoms with van der Waals surface area (Å²) in [5.74, 6) is -1.72. The highest BCUT2D eigenvalue weighted by Gasteiger charge is 2.31. The quantitative estimate of drug-likeness (QED) is 0.585. The van der Waals surface area contributed by atoms with E-state index in [2.05, 4.69) is 4.98 Å². The Hall–Kier alpha value is -3.18. The fourth-order valence-corrected chi connectivity index (χ4v) is 5.21. The minimum absolute atomic E-state index is 0.148. The molecule has 1 fully saturated rings. The normalized spacial score (nSPS) is 14.6. The third-order valence-corrected chi connectivity index (χ3v) is 7.61. The zero-order chi connectivity index (χ0) is 25.0. The Kier molecular flexibility index (Phi) is 7.78. The molecule has 184 valence electrons. The molecule has 2 heterocycles. The maximum atomic E-state index is 12.8. The topological polar surface area (TPSA) is 126 Å². The Balaban J connectivity index is 1.56. The molecule has 0 radical (unpaired) electrons. The van der Waals surface area contributed by atoms with Crippen LogP contribution in [0.4, 0.5) is 0 Å². The van der Waals surface area contributed by atoms with Gasteiger partial charge < -0.3 is 19.4 Å². The number of sulfonamides is 1. The summed E-state index contributed by atoms with van der Waals surface area (Å²) in [5.41, 5.74) is 2.15. The van der Waals surface area contributed by atoms with E-state index in [4.69, 9.17) is 9.47 Å². The van der Waals surface area contributed by atoms with E-state index in [0.29, 0.717) is 11.3 Å². The summed E-state index contributed by atoms with van der Waals surface area (Å²) in [7, 11) is -3.64. The summed E-state index contributed by atoms with van der Waals surface area (Å²) < 4.78 is 37.2. The van der Waals surface area contributed by atoms with Crippen LogP contribution >= 0.6 is 0 Å². The van der Waals surface area contributed by atoms with Crippen LogP contribution in [0.1, 0.15) is 44.6 Å². The average molecular weight is 492 g/mol. The van der Waals surface area contributed by atoms with Crippen LogP contribution in [0.2, 0.25) is 0 Å². The first-order chi connectivity index (χ1) is 16.1. The molecule has 1 aromatic heterocycles. The number of nitrogens with one attached hydrogen (secondary N) is 1.